The maximum absolute atomic E-state index is 12.5. The van der Waals surface area contributed by atoms with E-state index in [9.17, 15) is 4.79 Å². The Morgan fingerprint density at radius 3 is 2.68 bits per heavy atom. The first kappa shape index (κ1) is 14.8. The van der Waals surface area contributed by atoms with Gasteiger partial charge in [-0.15, -0.1) is 0 Å². The minimum atomic E-state index is 0.0449. The molecule has 0 spiro atoms. The number of amides is 1. The predicted octanol–water partition coefficient (Wildman–Crippen LogP) is 1.65. The largest absolute Gasteiger partial charge is 0.381 e. The molecule has 2 aliphatic rings. The number of piperidine rings is 1. The van der Waals surface area contributed by atoms with Crippen molar-refractivity contribution in [3.05, 3.63) is 0 Å². The van der Waals surface area contributed by atoms with E-state index < -0.39 is 0 Å². The van der Waals surface area contributed by atoms with Crippen LogP contribution in [0, 0.1) is 11.8 Å². The van der Waals surface area contributed by atoms with Crippen molar-refractivity contribution in [1.29, 1.82) is 0 Å². The molecule has 110 valence electrons. The van der Waals surface area contributed by atoms with Gasteiger partial charge >= 0.3 is 0 Å². The van der Waals surface area contributed by atoms with Crippen molar-refractivity contribution < 1.29 is 9.53 Å². The normalized spacial score (nSPS) is 29.2. The Bertz CT molecular complexity index is 290. The average Bonchev–Trinajstić information content (AvgIpc) is 2.47. The molecule has 0 aromatic heterocycles. The molecule has 19 heavy (non-hydrogen) atoms. The summed E-state index contributed by atoms with van der Waals surface area (Å²) >= 11 is 0. The zero-order valence-electron chi connectivity index (χ0n) is 12.4. The lowest BCUT2D eigenvalue weighted by atomic mass is 9.89. The minimum Gasteiger partial charge on any atom is -0.381 e. The van der Waals surface area contributed by atoms with Gasteiger partial charge in [0.05, 0.1) is 6.04 Å². The van der Waals surface area contributed by atoms with Crippen molar-refractivity contribution in [3.63, 3.8) is 0 Å². The fourth-order valence-electron chi connectivity index (χ4n) is 3.23. The van der Waals surface area contributed by atoms with E-state index in [0.717, 1.165) is 45.6 Å². The molecular weight excluding hydrogens is 240 g/mol. The highest BCUT2D eigenvalue weighted by Crippen LogP contribution is 2.21. The van der Waals surface area contributed by atoms with Crippen LogP contribution >= 0.6 is 0 Å². The molecule has 4 nitrogen and oxygen atoms in total. The lowest BCUT2D eigenvalue weighted by Crippen LogP contribution is -2.50. The van der Waals surface area contributed by atoms with Gasteiger partial charge in [0.2, 0.25) is 5.91 Å². The quantitative estimate of drug-likeness (QED) is 0.843. The Morgan fingerprint density at radius 2 is 2.00 bits per heavy atom. The Balaban J connectivity index is 1.80. The summed E-state index contributed by atoms with van der Waals surface area (Å²) < 4.78 is 5.37. The number of carbonyl (C=O) groups excluding carboxylic acids is 1. The molecule has 0 aromatic carbocycles. The molecule has 0 aromatic rings. The molecule has 2 saturated heterocycles. The number of hydrogen-bond donors (Lipinski definition) is 1. The summed E-state index contributed by atoms with van der Waals surface area (Å²) in [4.78, 5) is 14.4. The van der Waals surface area contributed by atoms with Gasteiger partial charge in [-0.1, -0.05) is 13.3 Å². The monoisotopic (exact) mass is 268 g/mol. The lowest BCUT2D eigenvalue weighted by Gasteiger charge is -2.33. The van der Waals surface area contributed by atoms with Gasteiger partial charge in [-0.25, -0.2) is 0 Å². The smallest absolute Gasteiger partial charge is 0.239 e. The van der Waals surface area contributed by atoms with Gasteiger partial charge in [0, 0.05) is 26.8 Å². The molecule has 2 fully saturated rings. The van der Waals surface area contributed by atoms with Gasteiger partial charge in [-0.3, -0.25) is 4.79 Å². The second kappa shape index (κ2) is 7.25. The van der Waals surface area contributed by atoms with Crippen molar-refractivity contribution in [1.82, 2.24) is 10.2 Å². The van der Waals surface area contributed by atoms with Gasteiger partial charge in [0.25, 0.3) is 0 Å². The molecule has 2 unspecified atom stereocenters. The van der Waals surface area contributed by atoms with Crippen LogP contribution in [0.5, 0.6) is 0 Å². The number of rotatable bonds is 4. The Kier molecular flexibility index (Phi) is 5.64. The molecule has 1 amide bonds. The lowest BCUT2D eigenvalue weighted by molar-refractivity contribution is -0.134. The topological polar surface area (TPSA) is 41.6 Å². The number of carbonyl (C=O) groups is 1. The maximum atomic E-state index is 12.5. The van der Waals surface area contributed by atoms with Crippen LogP contribution in [-0.4, -0.2) is 50.2 Å². The number of nitrogens with zero attached hydrogens (tertiary/aromatic N) is 1. The second-order valence-electron chi connectivity index (χ2n) is 6.08. The highest BCUT2D eigenvalue weighted by molar-refractivity contribution is 5.81. The second-order valence-corrected chi connectivity index (χ2v) is 6.08. The standard InChI is InChI=1S/C15H28N2O2/c1-3-12-4-7-16-14(10-12)15(18)17(2)11-13-5-8-19-9-6-13/h12-14,16H,3-11H2,1-2H3. The third kappa shape index (κ3) is 4.18. The fourth-order valence-corrected chi connectivity index (χ4v) is 3.23. The van der Waals surface area contributed by atoms with E-state index in [1.807, 2.05) is 11.9 Å². The molecule has 2 atom stereocenters. The van der Waals surface area contributed by atoms with Crippen LogP contribution in [0.1, 0.15) is 39.0 Å². The Hall–Kier alpha value is -0.610. The van der Waals surface area contributed by atoms with E-state index in [0.29, 0.717) is 11.8 Å². The fraction of sp³-hybridized carbons (Fsp3) is 0.933. The van der Waals surface area contributed by atoms with Crippen LogP contribution in [0.15, 0.2) is 0 Å². The van der Waals surface area contributed by atoms with Crippen LogP contribution in [-0.2, 0) is 9.53 Å². The molecule has 2 heterocycles. The summed E-state index contributed by atoms with van der Waals surface area (Å²) in [6.45, 7) is 5.80. The zero-order chi connectivity index (χ0) is 13.7. The average molecular weight is 268 g/mol. The summed E-state index contributed by atoms with van der Waals surface area (Å²) in [5.41, 5.74) is 0. The first-order valence-electron chi connectivity index (χ1n) is 7.76. The molecule has 0 saturated carbocycles. The number of hydrogen-bond acceptors (Lipinski definition) is 3. The van der Waals surface area contributed by atoms with E-state index in [4.69, 9.17) is 4.74 Å². The van der Waals surface area contributed by atoms with Crippen LogP contribution in [0.3, 0.4) is 0 Å². The minimum absolute atomic E-state index is 0.0449. The highest BCUT2D eigenvalue weighted by atomic mass is 16.5. The summed E-state index contributed by atoms with van der Waals surface area (Å²) in [5, 5.41) is 3.39. The number of likely N-dealkylation sites (N-methyl/N-ethyl adjacent to an activating group) is 1. The van der Waals surface area contributed by atoms with Crippen molar-refractivity contribution in [2.45, 2.75) is 45.1 Å². The SMILES string of the molecule is CCC1CCNC(C(=O)N(C)CC2CCOCC2)C1. The van der Waals surface area contributed by atoms with E-state index in [1.165, 1.54) is 12.8 Å². The molecule has 2 aliphatic heterocycles. The molecule has 0 radical (unpaired) electrons. The third-order valence-corrected chi connectivity index (χ3v) is 4.64. The van der Waals surface area contributed by atoms with Gasteiger partial charge in [0.1, 0.15) is 0 Å². The van der Waals surface area contributed by atoms with E-state index in [2.05, 4.69) is 12.2 Å². The predicted molar refractivity (Wildman–Crippen MR) is 76.0 cm³/mol. The van der Waals surface area contributed by atoms with E-state index >= 15 is 0 Å². The first-order chi connectivity index (χ1) is 9.20. The Labute approximate surface area is 116 Å². The van der Waals surface area contributed by atoms with E-state index in [1.54, 1.807) is 0 Å². The number of ether oxygens (including phenoxy) is 1. The summed E-state index contributed by atoms with van der Waals surface area (Å²) in [6, 6.07) is 0.0449. The maximum Gasteiger partial charge on any atom is 0.239 e. The van der Waals surface area contributed by atoms with Crippen molar-refractivity contribution in [3.8, 4) is 0 Å². The van der Waals surface area contributed by atoms with Crippen LogP contribution in [0.2, 0.25) is 0 Å². The first-order valence-corrected chi connectivity index (χ1v) is 7.76. The van der Waals surface area contributed by atoms with Gasteiger partial charge < -0.3 is 15.0 Å². The van der Waals surface area contributed by atoms with Gasteiger partial charge in [0.15, 0.2) is 0 Å². The van der Waals surface area contributed by atoms with E-state index in [-0.39, 0.29) is 11.9 Å². The van der Waals surface area contributed by atoms with Crippen LogP contribution in [0.25, 0.3) is 0 Å². The summed E-state index contributed by atoms with van der Waals surface area (Å²) in [6.07, 6.45) is 5.59. The molecule has 4 heteroatoms. The van der Waals surface area contributed by atoms with Gasteiger partial charge in [-0.2, -0.15) is 0 Å². The molecular formula is C15H28N2O2. The molecule has 2 rings (SSSR count). The Morgan fingerprint density at radius 1 is 1.26 bits per heavy atom. The third-order valence-electron chi connectivity index (χ3n) is 4.64. The highest BCUT2D eigenvalue weighted by Gasteiger charge is 2.29. The zero-order valence-corrected chi connectivity index (χ0v) is 12.4. The van der Waals surface area contributed by atoms with Crippen molar-refractivity contribution >= 4 is 5.91 Å². The summed E-state index contributed by atoms with van der Waals surface area (Å²) in [5.74, 6) is 1.62. The molecule has 0 aliphatic carbocycles. The van der Waals surface area contributed by atoms with Gasteiger partial charge in [-0.05, 0) is 44.1 Å². The van der Waals surface area contributed by atoms with Crippen molar-refractivity contribution in [2.75, 3.05) is 33.4 Å². The molecule has 0 bridgehead atoms. The van der Waals surface area contributed by atoms with Crippen LogP contribution < -0.4 is 5.32 Å². The molecule has 1 N–H and O–H groups in total. The van der Waals surface area contributed by atoms with Crippen molar-refractivity contribution in [2.24, 2.45) is 11.8 Å². The van der Waals surface area contributed by atoms with Crippen LogP contribution in [0.4, 0.5) is 0 Å². The number of nitrogens with one attached hydrogen (secondary N) is 1. The summed E-state index contributed by atoms with van der Waals surface area (Å²) in [7, 11) is 1.95.